The van der Waals surface area contributed by atoms with E-state index in [9.17, 15) is 4.79 Å². The molecule has 0 radical (unpaired) electrons. The lowest BCUT2D eigenvalue weighted by Crippen LogP contribution is -2.11. The Morgan fingerprint density at radius 2 is 1.59 bits per heavy atom. The number of fused-ring (bicyclic) bond motifs is 1. The van der Waals surface area contributed by atoms with Crippen molar-refractivity contribution in [2.45, 2.75) is 26.2 Å². The quantitative estimate of drug-likeness (QED) is 0.451. The molecule has 0 N–H and O–H groups in total. The highest BCUT2D eigenvalue weighted by molar-refractivity contribution is 6.13. The lowest BCUT2D eigenvalue weighted by molar-refractivity contribution is -0.129. The average Bonchev–Trinajstić information content (AvgIpc) is 3.02. The number of hydrogen-bond donors (Lipinski definition) is 0. The van der Waals surface area contributed by atoms with Crippen molar-refractivity contribution in [3.8, 4) is 0 Å². The van der Waals surface area contributed by atoms with Gasteiger partial charge in [-0.25, -0.2) is 9.79 Å². The summed E-state index contributed by atoms with van der Waals surface area (Å²) < 4.78 is 5.41. The molecule has 0 atom stereocenters. The van der Waals surface area contributed by atoms with Crippen LogP contribution in [0, 0.1) is 0 Å². The molecule has 1 aliphatic rings. The minimum Gasteiger partial charge on any atom is -0.402 e. The molecule has 0 fully saturated rings. The highest BCUT2D eigenvalue weighted by Gasteiger charge is 2.24. The predicted octanol–water partition coefficient (Wildman–Crippen LogP) is 5.48. The molecule has 27 heavy (non-hydrogen) atoms. The highest BCUT2D eigenvalue weighted by atomic mass is 16.6. The first-order chi connectivity index (χ1) is 12.9. The van der Waals surface area contributed by atoms with Gasteiger partial charge in [-0.15, -0.1) is 0 Å². The third-order valence-corrected chi connectivity index (χ3v) is 4.73. The maximum Gasteiger partial charge on any atom is 0.363 e. The zero-order valence-corrected chi connectivity index (χ0v) is 15.7. The second-order valence-electron chi connectivity index (χ2n) is 7.73. The van der Waals surface area contributed by atoms with Gasteiger partial charge in [0, 0.05) is 5.56 Å². The molecule has 134 valence electrons. The van der Waals surface area contributed by atoms with E-state index in [1.807, 2.05) is 42.5 Å². The number of carbonyl (C=O) groups excluding carboxylic acids is 1. The Morgan fingerprint density at radius 3 is 2.33 bits per heavy atom. The van der Waals surface area contributed by atoms with Crippen LogP contribution in [0.4, 0.5) is 0 Å². The van der Waals surface area contributed by atoms with Gasteiger partial charge >= 0.3 is 5.97 Å². The van der Waals surface area contributed by atoms with Gasteiger partial charge in [0.05, 0.1) is 0 Å². The molecule has 1 aliphatic heterocycles. The van der Waals surface area contributed by atoms with Crippen molar-refractivity contribution in [3.05, 3.63) is 89.1 Å². The van der Waals surface area contributed by atoms with E-state index in [4.69, 9.17) is 4.74 Å². The topological polar surface area (TPSA) is 38.7 Å². The Labute approximate surface area is 159 Å². The molecule has 0 aliphatic carbocycles. The minimum atomic E-state index is -0.419. The van der Waals surface area contributed by atoms with Gasteiger partial charge in [-0.3, -0.25) is 0 Å². The predicted molar refractivity (Wildman–Crippen MR) is 110 cm³/mol. The SMILES string of the molecule is CC(C)(C)c1ccc(C2=N/C(=C/c3cccc4ccccc34)C(=O)O2)cc1. The van der Waals surface area contributed by atoms with E-state index in [2.05, 4.69) is 50.0 Å². The van der Waals surface area contributed by atoms with E-state index in [1.165, 1.54) is 5.56 Å². The van der Waals surface area contributed by atoms with Gasteiger partial charge in [-0.2, -0.15) is 0 Å². The van der Waals surface area contributed by atoms with Crippen LogP contribution in [0.15, 0.2) is 77.4 Å². The summed E-state index contributed by atoms with van der Waals surface area (Å²) in [5, 5.41) is 2.21. The number of esters is 1. The molecule has 0 aromatic heterocycles. The van der Waals surface area contributed by atoms with E-state index < -0.39 is 5.97 Å². The number of aliphatic imine (C=N–C) groups is 1. The maximum atomic E-state index is 12.3. The van der Waals surface area contributed by atoms with Crippen LogP contribution in [0.1, 0.15) is 37.5 Å². The molecule has 3 aromatic carbocycles. The third-order valence-electron chi connectivity index (χ3n) is 4.73. The lowest BCUT2D eigenvalue weighted by Gasteiger charge is -2.18. The van der Waals surface area contributed by atoms with E-state index in [1.54, 1.807) is 6.08 Å². The van der Waals surface area contributed by atoms with Gasteiger partial charge in [-0.05, 0) is 45.5 Å². The smallest absolute Gasteiger partial charge is 0.363 e. The van der Waals surface area contributed by atoms with Crippen molar-refractivity contribution >= 4 is 28.7 Å². The number of benzene rings is 3. The van der Waals surface area contributed by atoms with Crippen LogP contribution in [0.2, 0.25) is 0 Å². The van der Waals surface area contributed by atoms with Crippen molar-refractivity contribution < 1.29 is 9.53 Å². The fourth-order valence-corrected chi connectivity index (χ4v) is 3.17. The van der Waals surface area contributed by atoms with E-state index in [0.717, 1.165) is 21.9 Å². The highest BCUT2D eigenvalue weighted by Crippen LogP contribution is 2.26. The number of carbonyl (C=O) groups is 1. The number of cyclic esters (lactones) is 1. The Bertz CT molecular complexity index is 1080. The molecular formula is C24H21NO2. The van der Waals surface area contributed by atoms with Crippen molar-refractivity contribution in [1.82, 2.24) is 0 Å². The zero-order valence-electron chi connectivity index (χ0n) is 15.7. The van der Waals surface area contributed by atoms with Gasteiger partial charge in [0.25, 0.3) is 0 Å². The largest absolute Gasteiger partial charge is 0.402 e. The molecule has 0 spiro atoms. The van der Waals surface area contributed by atoms with Crippen LogP contribution in [-0.2, 0) is 14.9 Å². The molecule has 3 aromatic rings. The Morgan fingerprint density at radius 1 is 0.889 bits per heavy atom. The van der Waals surface area contributed by atoms with Crippen molar-refractivity contribution in [1.29, 1.82) is 0 Å². The number of rotatable bonds is 2. The van der Waals surface area contributed by atoms with Gasteiger partial charge in [0.15, 0.2) is 5.70 Å². The first-order valence-electron chi connectivity index (χ1n) is 9.03. The summed E-state index contributed by atoms with van der Waals surface area (Å²) in [5.41, 5.74) is 3.38. The van der Waals surface area contributed by atoms with Crippen LogP contribution in [-0.4, -0.2) is 11.9 Å². The third kappa shape index (κ3) is 3.41. The molecule has 0 unspecified atom stereocenters. The van der Waals surface area contributed by atoms with Gasteiger partial charge in [0.1, 0.15) is 0 Å². The molecule has 3 heteroatoms. The Balaban J connectivity index is 1.70. The summed E-state index contributed by atoms with van der Waals surface area (Å²) in [6.07, 6.45) is 1.79. The summed E-state index contributed by atoms with van der Waals surface area (Å²) in [5.74, 6) is -0.0650. The fourth-order valence-electron chi connectivity index (χ4n) is 3.17. The van der Waals surface area contributed by atoms with E-state index >= 15 is 0 Å². The maximum absolute atomic E-state index is 12.3. The van der Waals surface area contributed by atoms with Crippen LogP contribution < -0.4 is 0 Å². The monoisotopic (exact) mass is 355 g/mol. The molecule has 0 amide bonds. The normalized spacial score (nSPS) is 15.9. The molecule has 0 bridgehead atoms. The van der Waals surface area contributed by atoms with Gasteiger partial charge in [-0.1, -0.05) is 75.4 Å². The van der Waals surface area contributed by atoms with Crippen molar-refractivity contribution in [2.24, 2.45) is 4.99 Å². The van der Waals surface area contributed by atoms with E-state index in [0.29, 0.717) is 11.6 Å². The summed E-state index contributed by atoms with van der Waals surface area (Å²) in [4.78, 5) is 16.8. The van der Waals surface area contributed by atoms with Crippen LogP contribution in [0.3, 0.4) is 0 Å². The van der Waals surface area contributed by atoms with Gasteiger partial charge < -0.3 is 4.74 Å². The average molecular weight is 355 g/mol. The molecule has 3 nitrogen and oxygen atoms in total. The first kappa shape index (κ1) is 17.2. The molecular weight excluding hydrogens is 334 g/mol. The number of nitrogens with zero attached hydrogens (tertiary/aromatic N) is 1. The second-order valence-corrected chi connectivity index (χ2v) is 7.73. The molecule has 0 saturated heterocycles. The number of ether oxygens (including phenoxy) is 1. The van der Waals surface area contributed by atoms with E-state index in [-0.39, 0.29) is 5.41 Å². The van der Waals surface area contributed by atoms with Crippen molar-refractivity contribution in [2.75, 3.05) is 0 Å². The molecule has 0 saturated carbocycles. The summed E-state index contributed by atoms with van der Waals surface area (Å²) in [6.45, 7) is 6.50. The van der Waals surface area contributed by atoms with Crippen LogP contribution >= 0.6 is 0 Å². The standard InChI is InChI=1S/C24H21NO2/c1-24(2,3)19-13-11-17(12-14-19)22-25-21(23(26)27-22)15-18-9-6-8-16-7-4-5-10-20(16)18/h4-15H,1-3H3/b21-15+. The lowest BCUT2D eigenvalue weighted by atomic mass is 9.87. The Kier molecular flexibility index (Phi) is 4.15. The fraction of sp³-hybridized carbons (Fsp3) is 0.167. The summed E-state index contributed by atoms with van der Waals surface area (Å²) >= 11 is 0. The summed E-state index contributed by atoms with van der Waals surface area (Å²) in [7, 11) is 0. The van der Waals surface area contributed by atoms with Crippen LogP contribution in [0.25, 0.3) is 16.8 Å². The first-order valence-corrected chi connectivity index (χ1v) is 9.03. The minimum absolute atomic E-state index is 0.0755. The van der Waals surface area contributed by atoms with Gasteiger partial charge in [0.2, 0.25) is 5.90 Å². The molecule has 4 rings (SSSR count). The second kappa shape index (κ2) is 6.51. The van der Waals surface area contributed by atoms with Crippen LogP contribution in [0.5, 0.6) is 0 Å². The molecule has 1 heterocycles. The zero-order chi connectivity index (χ0) is 19.0. The Hall–Kier alpha value is -3.20. The number of hydrogen-bond acceptors (Lipinski definition) is 3. The van der Waals surface area contributed by atoms with Crippen molar-refractivity contribution in [3.63, 3.8) is 0 Å². The summed E-state index contributed by atoms with van der Waals surface area (Å²) in [6, 6.07) is 22.1.